The lowest BCUT2D eigenvalue weighted by atomic mass is 10.2. The van der Waals surface area contributed by atoms with Crippen molar-refractivity contribution in [1.82, 2.24) is 4.90 Å². The summed E-state index contributed by atoms with van der Waals surface area (Å²) < 4.78 is 0. The Morgan fingerprint density at radius 2 is 2.00 bits per heavy atom. The molecule has 0 fully saturated rings. The normalized spacial score (nSPS) is 12.2. The number of carboxylic acid groups (broad SMARTS) is 1. The fraction of sp³-hybridized carbons (Fsp3) is 0.833. The van der Waals surface area contributed by atoms with Gasteiger partial charge in [0.1, 0.15) is 0 Å². The summed E-state index contributed by atoms with van der Waals surface area (Å²) >= 11 is 1.63. The summed E-state index contributed by atoms with van der Waals surface area (Å²) in [4.78, 5) is 24.2. The van der Waals surface area contributed by atoms with E-state index < -0.39 is 11.9 Å². The lowest BCUT2D eigenvalue weighted by Gasteiger charge is -2.22. The number of hydrogen-bond donors (Lipinski definition) is 1. The number of carbonyl (C=O) groups is 2. The third kappa shape index (κ3) is 7.26. The van der Waals surface area contributed by atoms with E-state index in [4.69, 9.17) is 5.11 Å². The Kier molecular flexibility index (Phi) is 8.94. The molecule has 0 radical (unpaired) electrons. The van der Waals surface area contributed by atoms with E-state index in [1.807, 2.05) is 6.92 Å². The minimum absolute atomic E-state index is 0.0432. The van der Waals surface area contributed by atoms with Crippen molar-refractivity contribution < 1.29 is 14.7 Å². The molecule has 0 saturated heterocycles. The highest BCUT2D eigenvalue weighted by atomic mass is 32.2. The van der Waals surface area contributed by atoms with Crippen LogP contribution in [-0.2, 0) is 9.59 Å². The van der Waals surface area contributed by atoms with E-state index >= 15 is 0 Å². The van der Waals surface area contributed by atoms with Gasteiger partial charge < -0.3 is 10.0 Å². The monoisotopic (exact) mass is 261 g/mol. The molecule has 1 N–H and O–H groups in total. The van der Waals surface area contributed by atoms with E-state index in [1.165, 1.54) is 0 Å². The van der Waals surface area contributed by atoms with Crippen molar-refractivity contribution in [3.05, 3.63) is 0 Å². The topological polar surface area (TPSA) is 57.6 Å². The molecule has 17 heavy (non-hydrogen) atoms. The SMILES string of the molecule is CCCCSCC(=O)N(CC)CC(C)C(=O)O. The molecule has 0 saturated carbocycles. The summed E-state index contributed by atoms with van der Waals surface area (Å²) in [7, 11) is 0. The molecule has 100 valence electrons. The highest BCUT2D eigenvalue weighted by Gasteiger charge is 2.18. The van der Waals surface area contributed by atoms with Gasteiger partial charge in [0.2, 0.25) is 5.91 Å². The van der Waals surface area contributed by atoms with Crippen LogP contribution in [0.1, 0.15) is 33.6 Å². The van der Waals surface area contributed by atoms with Crippen LogP contribution in [0.25, 0.3) is 0 Å². The van der Waals surface area contributed by atoms with E-state index in [1.54, 1.807) is 23.6 Å². The number of unbranched alkanes of at least 4 members (excludes halogenated alkanes) is 1. The molecule has 0 spiro atoms. The molecule has 0 bridgehead atoms. The van der Waals surface area contributed by atoms with Gasteiger partial charge in [-0.1, -0.05) is 20.3 Å². The molecule has 0 aliphatic carbocycles. The minimum atomic E-state index is -0.852. The van der Waals surface area contributed by atoms with Crippen LogP contribution in [0.15, 0.2) is 0 Å². The van der Waals surface area contributed by atoms with Crippen LogP contribution in [0.3, 0.4) is 0 Å². The molecule has 0 heterocycles. The molecule has 4 nitrogen and oxygen atoms in total. The number of amides is 1. The number of aliphatic carboxylic acids is 1. The van der Waals surface area contributed by atoms with Crippen LogP contribution in [-0.4, -0.2) is 46.5 Å². The first-order valence-corrected chi connectivity index (χ1v) is 7.26. The summed E-state index contributed by atoms with van der Waals surface area (Å²) in [6.07, 6.45) is 2.25. The summed E-state index contributed by atoms with van der Waals surface area (Å²) in [6, 6.07) is 0. The standard InChI is InChI=1S/C12H23NO3S/c1-4-6-7-17-9-11(14)13(5-2)8-10(3)12(15)16/h10H,4-9H2,1-3H3,(H,15,16). The highest BCUT2D eigenvalue weighted by molar-refractivity contribution is 7.99. The number of carbonyl (C=O) groups excluding carboxylic acids is 1. The molecule has 0 aromatic heterocycles. The maximum absolute atomic E-state index is 11.8. The number of nitrogens with zero attached hydrogens (tertiary/aromatic N) is 1. The van der Waals surface area contributed by atoms with Gasteiger partial charge in [-0.15, -0.1) is 0 Å². The Hall–Kier alpha value is -0.710. The van der Waals surface area contributed by atoms with Gasteiger partial charge in [0, 0.05) is 13.1 Å². The van der Waals surface area contributed by atoms with Crippen molar-refractivity contribution in [2.45, 2.75) is 33.6 Å². The Morgan fingerprint density at radius 3 is 2.47 bits per heavy atom. The zero-order valence-corrected chi connectivity index (χ0v) is 11.8. The average Bonchev–Trinajstić information content (AvgIpc) is 2.30. The minimum Gasteiger partial charge on any atom is -0.481 e. The van der Waals surface area contributed by atoms with Gasteiger partial charge in [-0.05, 0) is 19.1 Å². The first kappa shape index (κ1) is 16.3. The molecule has 0 aliphatic heterocycles. The number of hydrogen-bond acceptors (Lipinski definition) is 3. The summed E-state index contributed by atoms with van der Waals surface area (Å²) in [5, 5.41) is 8.81. The summed E-state index contributed by atoms with van der Waals surface area (Å²) in [5.74, 6) is 0.144. The van der Waals surface area contributed by atoms with E-state index in [-0.39, 0.29) is 5.91 Å². The Balaban J connectivity index is 3.99. The van der Waals surface area contributed by atoms with E-state index in [0.717, 1.165) is 18.6 Å². The number of thioether (sulfide) groups is 1. The lowest BCUT2D eigenvalue weighted by Crippen LogP contribution is -2.37. The van der Waals surface area contributed by atoms with Gasteiger partial charge >= 0.3 is 5.97 Å². The van der Waals surface area contributed by atoms with Crippen LogP contribution in [0.4, 0.5) is 0 Å². The van der Waals surface area contributed by atoms with E-state index in [9.17, 15) is 9.59 Å². The van der Waals surface area contributed by atoms with Crippen LogP contribution >= 0.6 is 11.8 Å². The molecular formula is C12H23NO3S. The molecule has 0 aromatic rings. The maximum atomic E-state index is 11.8. The summed E-state index contributed by atoms with van der Waals surface area (Å²) in [6.45, 7) is 6.50. The fourth-order valence-corrected chi connectivity index (χ4v) is 2.31. The second-order valence-electron chi connectivity index (χ2n) is 4.08. The highest BCUT2D eigenvalue weighted by Crippen LogP contribution is 2.08. The summed E-state index contributed by atoms with van der Waals surface area (Å²) in [5.41, 5.74) is 0. The van der Waals surface area contributed by atoms with Crippen molar-refractivity contribution in [1.29, 1.82) is 0 Å². The van der Waals surface area contributed by atoms with Crippen LogP contribution in [0, 0.1) is 5.92 Å². The quantitative estimate of drug-likeness (QED) is 0.646. The van der Waals surface area contributed by atoms with Crippen molar-refractivity contribution >= 4 is 23.6 Å². The Labute approximate surface area is 108 Å². The molecule has 1 unspecified atom stereocenters. The molecule has 0 aromatic carbocycles. The van der Waals surface area contributed by atoms with Gasteiger partial charge in [-0.3, -0.25) is 9.59 Å². The Bertz CT molecular complexity index is 246. The third-order valence-electron chi connectivity index (χ3n) is 2.52. The van der Waals surface area contributed by atoms with Gasteiger partial charge in [0.05, 0.1) is 11.7 Å². The number of carboxylic acids is 1. The van der Waals surface area contributed by atoms with Crippen molar-refractivity contribution in [3.63, 3.8) is 0 Å². The molecule has 0 aliphatic rings. The Morgan fingerprint density at radius 1 is 1.35 bits per heavy atom. The van der Waals surface area contributed by atoms with Crippen molar-refractivity contribution in [3.8, 4) is 0 Å². The van der Waals surface area contributed by atoms with Crippen LogP contribution in [0.5, 0.6) is 0 Å². The molecule has 1 atom stereocenters. The van der Waals surface area contributed by atoms with Crippen molar-refractivity contribution in [2.24, 2.45) is 5.92 Å². The zero-order chi connectivity index (χ0) is 13.3. The first-order chi connectivity index (χ1) is 8.02. The van der Waals surface area contributed by atoms with E-state index in [2.05, 4.69) is 6.92 Å². The number of rotatable bonds is 9. The zero-order valence-electron chi connectivity index (χ0n) is 10.9. The molecule has 1 amide bonds. The largest absolute Gasteiger partial charge is 0.481 e. The van der Waals surface area contributed by atoms with Gasteiger partial charge in [0.15, 0.2) is 0 Å². The van der Waals surface area contributed by atoms with Crippen LogP contribution in [0.2, 0.25) is 0 Å². The molecule has 0 rings (SSSR count). The second kappa shape index (κ2) is 9.33. The fourth-order valence-electron chi connectivity index (χ4n) is 1.31. The lowest BCUT2D eigenvalue weighted by molar-refractivity contribution is -0.142. The van der Waals surface area contributed by atoms with E-state index in [0.29, 0.717) is 18.8 Å². The van der Waals surface area contributed by atoms with Gasteiger partial charge in [-0.25, -0.2) is 0 Å². The average molecular weight is 261 g/mol. The maximum Gasteiger partial charge on any atom is 0.308 e. The van der Waals surface area contributed by atoms with Crippen LogP contribution < -0.4 is 0 Å². The predicted molar refractivity (Wildman–Crippen MR) is 71.3 cm³/mol. The third-order valence-corrected chi connectivity index (χ3v) is 3.55. The molecular weight excluding hydrogens is 238 g/mol. The van der Waals surface area contributed by atoms with Crippen molar-refractivity contribution in [2.75, 3.05) is 24.6 Å². The second-order valence-corrected chi connectivity index (χ2v) is 5.18. The first-order valence-electron chi connectivity index (χ1n) is 6.11. The van der Waals surface area contributed by atoms with Gasteiger partial charge in [-0.2, -0.15) is 11.8 Å². The van der Waals surface area contributed by atoms with Gasteiger partial charge in [0.25, 0.3) is 0 Å². The smallest absolute Gasteiger partial charge is 0.308 e. The molecule has 5 heteroatoms. The predicted octanol–water partition coefficient (Wildman–Crippen LogP) is 2.09.